The lowest BCUT2D eigenvalue weighted by atomic mass is 9.95. The van der Waals surface area contributed by atoms with Crippen LogP contribution < -0.4 is 14.2 Å². The van der Waals surface area contributed by atoms with Crippen molar-refractivity contribution in [1.29, 1.82) is 0 Å². The van der Waals surface area contributed by atoms with Crippen LogP contribution in [-0.4, -0.2) is 73.6 Å². The molecular formula is C27H32N2O6. The number of carbonyl (C=O) groups is 2. The van der Waals surface area contributed by atoms with Gasteiger partial charge in [0, 0.05) is 18.7 Å². The third kappa shape index (κ3) is 4.98. The minimum Gasteiger partial charge on any atom is -0.507 e. The molecule has 8 nitrogen and oxygen atoms in total. The molecule has 0 saturated carbocycles. The molecule has 4 rings (SSSR count). The van der Waals surface area contributed by atoms with E-state index in [2.05, 4.69) is 4.90 Å². The molecule has 2 fully saturated rings. The van der Waals surface area contributed by atoms with Crippen molar-refractivity contribution >= 4 is 17.4 Å². The number of ether oxygens (including phenoxy) is 3. The summed E-state index contributed by atoms with van der Waals surface area (Å²) in [5, 5.41) is 11.2. The zero-order valence-electron chi connectivity index (χ0n) is 20.5. The highest BCUT2D eigenvalue weighted by molar-refractivity contribution is 6.46. The molecule has 1 unspecified atom stereocenters. The Morgan fingerprint density at radius 1 is 0.971 bits per heavy atom. The van der Waals surface area contributed by atoms with Crippen LogP contribution in [0.2, 0.25) is 0 Å². The van der Waals surface area contributed by atoms with Crippen LogP contribution in [0.5, 0.6) is 17.2 Å². The molecule has 186 valence electrons. The highest BCUT2D eigenvalue weighted by Crippen LogP contribution is 2.42. The number of carbonyl (C=O) groups excluding carboxylic acids is 2. The van der Waals surface area contributed by atoms with E-state index in [9.17, 15) is 14.7 Å². The molecule has 1 atom stereocenters. The van der Waals surface area contributed by atoms with Crippen molar-refractivity contribution in [3.05, 3.63) is 59.2 Å². The molecule has 2 aliphatic heterocycles. The van der Waals surface area contributed by atoms with Crippen LogP contribution in [0.25, 0.3) is 5.76 Å². The summed E-state index contributed by atoms with van der Waals surface area (Å²) in [5.41, 5.74) is 1.17. The van der Waals surface area contributed by atoms with E-state index in [0.29, 0.717) is 48.1 Å². The Morgan fingerprint density at radius 3 is 2.31 bits per heavy atom. The van der Waals surface area contributed by atoms with Gasteiger partial charge < -0.3 is 29.1 Å². The van der Waals surface area contributed by atoms with E-state index in [0.717, 1.165) is 25.9 Å². The van der Waals surface area contributed by atoms with Crippen LogP contribution in [0.1, 0.15) is 36.9 Å². The van der Waals surface area contributed by atoms with Gasteiger partial charge in [-0.25, -0.2) is 0 Å². The number of aliphatic hydroxyl groups excluding tert-OH is 1. The normalized spacial score (nSPS) is 19.9. The third-order valence-corrected chi connectivity index (χ3v) is 6.56. The quantitative estimate of drug-likeness (QED) is 0.333. The number of nitrogens with zero attached hydrogens (tertiary/aromatic N) is 2. The maximum Gasteiger partial charge on any atom is 0.295 e. The lowest BCUT2D eigenvalue weighted by molar-refractivity contribution is -0.140. The number of methoxy groups -OCH3 is 2. The van der Waals surface area contributed by atoms with Crippen molar-refractivity contribution in [1.82, 2.24) is 9.80 Å². The van der Waals surface area contributed by atoms with Gasteiger partial charge in [0.2, 0.25) is 0 Å². The Labute approximate surface area is 205 Å². The summed E-state index contributed by atoms with van der Waals surface area (Å²) in [6.07, 6.45) is 2.27. The van der Waals surface area contributed by atoms with Crippen LogP contribution in [-0.2, 0) is 9.59 Å². The number of ketones is 1. The van der Waals surface area contributed by atoms with E-state index in [4.69, 9.17) is 14.2 Å². The van der Waals surface area contributed by atoms with E-state index in [1.165, 1.54) is 0 Å². The zero-order chi connectivity index (χ0) is 24.9. The molecule has 35 heavy (non-hydrogen) atoms. The van der Waals surface area contributed by atoms with Crippen molar-refractivity contribution in [3.8, 4) is 17.2 Å². The third-order valence-electron chi connectivity index (χ3n) is 6.56. The van der Waals surface area contributed by atoms with Crippen molar-refractivity contribution in [2.75, 3.05) is 47.0 Å². The summed E-state index contributed by atoms with van der Waals surface area (Å²) in [6.45, 7) is 5.37. The summed E-state index contributed by atoms with van der Waals surface area (Å²) in [5.74, 6) is 0.171. The number of Topliss-reactive ketones (excluding diaryl/α,β-unsaturated/α-hetero) is 1. The summed E-state index contributed by atoms with van der Waals surface area (Å²) < 4.78 is 16.4. The van der Waals surface area contributed by atoms with E-state index < -0.39 is 17.7 Å². The van der Waals surface area contributed by atoms with Crippen LogP contribution in [0.15, 0.2) is 48.0 Å². The lowest BCUT2D eigenvalue weighted by Gasteiger charge is -2.28. The van der Waals surface area contributed by atoms with Crippen molar-refractivity contribution < 1.29 is 28.9 Å². The zero-order valence-corrected chi connectivity index (χ0v) is 20.5. The van der Waals surface area contributed by atoms with Crippen molar-refractivity contribution in [2.24, 2.45) is 0 Å². The summed E-state index contributed by atoms with van der Waals surface area (Å²) in [6, 6.07) is 11.3. The summed E-state index contributed by atoms with van der Waals surface area (Å²) in [7, 11) is 3.10. The molecule has 2 aromatic carbocycles. The van der Waals surface area contributed by atoms with Crippen LogP contribution >= 0.6 is 0 Å². The van der Waals surface area contributed by atoms with Gasteiger partial charge >= 0.3 is 0 Å². The molecule has 2 aromatic rings. The van der Waals surface area contributed by atoms with Gasteiger partial charge in [-0.2, -0.15) is 0 Å². The molecule has 0 spiro atoms. The number of likely N-dealkylation sites (tertiary alicyclic amines) is 2. The van der Waals surface area contributed by atoms with Crippen molar-refractivity contribution in [3.63, 3.8) is 0 Å². The molecule has 2 heterocycles. The fourth-order valence-electron chi connectivity index (χ4n) is 4.75. The molecule has 0 aromatic heterocycles. The molecule has 2 aliphatic rings. The molecule has 0 radical (unpaired) electrons. The van der Waals surface area contributed by atoms with Crippen LogP contribution in [0, 0.1) is 0 Å². The number of hydrogen-bond acceptors (Lipinski definition) is 7. The van der Waals surface area contributed by atoms with Gasteiger partial charge in [-0.3, -0.25) is 9.59 Å². The maximum atomic E-state index is 13.3. The fraction of sp³-hybridized carbons (Fsp3) is 0.407. The van der Waals surface area contributed by atoms with Gasteiger partial charge in [-0.15, -0.1) is 0 Å². The largest absolute Gasteiger partial charge is 0.507 e. The predicted octanol–water partition coefficient (Wildman–Crippen LogP) is 3.62. The number of rotatable bonds is 9. The Balaban J connectivity index is 1.78. The number of amides is 1. The molecule has 8 heteroatoms. The van der Waals surface area contributed by atoms with Gasteiger partial charge in [0.25, 0.3) is 11.7 Å². The Kier molecular flexibility index (Phi) is 7.60. The maximum absolute atomic E-state index is 13.3. The van der Waals surface area contributed by atoms with E-state index in [1.54, 1.807) is 55.5 Å². The number of hydrogen-bond donors (Lipinski definition) is 1. The molecule has 2 saturated heterocycles. The average Bonchev–Trinajstić information content (AvgIpc) is 3.49. The minimum absolute atomic E-state index is 0.0628. The minimum atomic E-state index is -0.746. The first-order valence-electron chi connectivity index (χ1n) is 11.9. The van der Waals surface area contributed by atoms with Crippen molar-refractivity contribution in [2.45, 2.75) is 25.8 Å². The standard InChI is InChI=1S/C27H32N2O6/c1-4-35-21-12-9-19(17-22(21)34-3)24-23(25(30)18-7-10-20(33-2)11-8-18)26(31)27(32)29(24)16-15-28-13-5-6-14-28/h7-12,17,24,30H,4-6,13-16H2,1-3H3/b25-23+. The number of benzene rings is 2. The first kappa shape index (κ1) is 24.6. The second-order valence-corrected chi connectivity index (χ2v) is 8.61. The Morgan fingerprint density at radius 2 is 1.69 bits per heavy atom. The number of aliphatic hydroxyl groups is 1. The predicted molar refractivity (Wildman–Crippen MR) is 132 cm³/mol. The van der Waals surface area contributed by atoms with E-state index >= 15 is 0 Å². The Bertz CT molecular complexity index is 1110. The molecule has 1 amide bonds. The topological polar surface area (TPSA) is 88.5 Å². The highest BCUT2D eigenvalue weighted by atomic mass is 16.5. The highest BCUT2D eigenvalue weighted by Gasteiger charge is 2.46. The average molecular weight is 481 g/mol. The van der Waals surface area contributed by atoms with Gasteiger partial charge in [0.05, 0.1) is 32.4 Å². The lowest BCUT2D eigenvalue weighted by Crippen LogP contribution is -2.37. The van der Waals surface area contributed by atoms with E-state index in [-0.39, 0.29) is 11.3 Å². The first-order chi connectivity index (χ1) is 17.0. The van der Waals surface area contributed by atoms with Gasteiger partial charge in [-0.1, -0.05) is 6.07 Å². The van der Waals surface area contributed by atoms with Crippen LogP contribution in [0.3, 0.4) is 0 Å². The summed E-state index contributed by atoms with van der Waals surface area (Å²) >= 11 is 0. The second-order valence-electron chi connectivity index (χ2n) is 8.61. The van der Waals surface area contributed by atoms with Gasteiger partial charge in [0.1, 0.15) is 11.5 Å². The van der Waals surface area contributed by atoms with Crippen LogP contribution in [0.4, 0.5) is 0 Å². The second kappa shape index (κ2) is 10.8. The monoisotopic (exact) mass is 480 g/mol. The Hall–Kier alpha value is -3.52. The molecule has 0 aliphatic carbocycles. The molecule has 0 bridgehead atoms. The van der Waals surface area contributed by atoms with Gasteiger partial charge in [-0.05, 0) is 74.8 Å². The fourth-order valence-corrected chi connectivity index (χ4v) is 4.75. The van der Waals surface area contributed by atoms with Gasteiger partial charge in [0.15, 0.2) is 11.5 Å². The summed E-state index contributed by atoms with van der Waals surface area (Å²) in [4.78, 5) is 30.3. The molecule has 1 N–H and O–H groups in total. The van der Waals surface area contributed by atoms with E-state index in [1.807, 2.05) is 13.0 Å². The smallest absolute Gasteiger partial charge is 0.295 e. The molecular weight excluding hydrogens is 448 g/mol. The first-order valence-corrected chi connectivity index (χ1v) is 11.9. The SMILES string of the molecule is CCOc1ccc(C2/C(=C(\O)c3ccc(OC)cc3)C(=O)C(=O)N2CCN2CCCC2)cc1OC.